The maximum atomic E-state index is 4.55. The highest BCUT2D eigenvalue weighted by Crippen LogP contribution is 2.33. The molecular formula is C12H6N4S. The molecule has 4 rings (SSSR count). The summed E-state index contributed by atoms with van der Waals surface area (Å²) in [5.41, 5.74) is 0.743. The van der Waals surface area contributed by atoms with E-state index in [0.717, 1.165) is 25.9 Å². The van der Waals surface area contributed by atoms with Gasteiger partial charge in [0.25, 0.3) is 0 Å². The topological polar surface area (TPSA) is 51.6 Å². The van der Waals surface area contributed by atoms with Gasteiger partial charge in [-0.05, 0) is 12.1 Å². The highest BCUT2D eigenvalue weighted by molar-refractivity contribution is 7.25. The minimum Gasteiger partial charge on any atom is -0.263 e. The van der Waals surface area contributed by atoms with Crippen LogP contribution in [0.25, 0.3) is 31.3 Å². The summed E-state index contributed by atoms with van der Waals surface area (Å²) in [6, 6.07) is 4.11. The average Bonchev–Trinajstić information content (AvgIpc) is 2.73. The van der Waals surface area contributed by atoms with E-state index in [4.69, 9.17) is 0 Å². The zero-order chi connectivity index (χ0) is 11.2. The first kappa shape index (κ1) is 8.95. The third kappa shape index (κ3) is 1.23. The van der Waals surface area contributed by atoms with Crippen molar-refractivity contribution >= 4 is 42.7 Å². The molecule has 4 aromatic rings. The van der Waals surface area contributed by atoms with Crippen LogP contribution in [0, 0.1) is 0 Å². The molecule has 0 unspecified atom stereocenters. The van der Waals surface area contributed by atoms with Gasteiger partial charge in [0, 0.05) is 34.7 Å². The van der Waals surface area contributed by atoms with Gasteiger partial charge in [0.2, 0.25) is 0 Å². The van der Waals surface area contributed by atoms with Crippen LogP contribution < -0.4 is 0 Å². The molecule has 0 radical (unpaired) electrons. The number of rotatable bonds is 0. The lowest BCUT2D eigenvalue weighted by molar-refractivity contribution is 1.20. The smallest absolute Gasteiger partial charge is 0.164 e. The molecule has 0 saturated heterocycles. The third-order valence-corrected chi connectivity index (χ3v) is 3.79. The first-order chi connectivity index (χ1) is 8.42. The second-order valence-corrected chi connectivity index (χ2v) is 4.78. The van der Waals surface area contributed by atoms with Crippen molar-refractivity contribution < 1.29 is 0 Å². The molecule has 0 saturated carbocycles. The normalized spacial score (nSPS) is 11.5. The zero-order valence-electron chi connectivity index (χ0n) is 8.66. The molecule has 4 aromatic heterocycles. The number of fused-ring (bicyclic) bond motifs is 4. The Balaban J connectivity index is 2.28. The van der Waals surface area contributed by atoms with E-state index in [1.807, 2.05) is 12.3 Å². The molecule has 0 atom stereocenters. The molecule has 0 spiro atoms. The Morgan fingerprint density at radius 2 is 2.06 bits per heavy atom. The number of aromatic nitrogens is 4. The Hall–Kier alpha value is -2.14. The Bertz CT molecular complexity index is 847. The molecule has 5 heteroatoms. The summed E-state index contributed by atoms with van der Waals surface area (Å²) in [6.07, 6.45) is 6.99. The van der Waals surface area contributed by atoms with Gasteiger partial charge in [-0.3, -0.25) is 4.98 Å². The van der Waals surface area contributed by atoms with Crippen LogP contribution in [-0.4, -0.2) is 19.9 Å². The van der Waals surface area contributed by atoms with Gasteiger partial charge in [-0.2, -0.15) is 0 Å². The molecule has 80 valence electrons. The maximum Gasteiger partial charge on any atom is 0.164 e. The largest absolute Gasteiger partial charge is 0.263 e. The van der Waals surface area contributed by atoms with Crippen molar-refractivity contribution in [3.05, 3.63) is 37.1 Å². The van der Waals surface area contributed by atoms with Gasteiger partial charge in [-0.25, -0.2) is 15.0 Å². The van der Waals surface area contributed by atoms with Crippen molar-refractivity contribution in [1.29, 1.82) is 0 Å². The second-order valence-electron chi connectivity index (χ2n) is 3.75. The van der Waals surface area contributed by atoms with Crippen LogP contribution in [0.4, 0.5) is 0 Å². The summed E-state index contributed by atoms with van der Waals surface area (Å²) in [4.78, 5) is 17.9. The van der Waals surface area contributed by atoms with Crippen molar-refractivity contribution in [3.63, 3.8) is 0 Å². The minimum atomic E-state index is 0.743. The fourth-order valence-corrected chi connectivity index (χ4v) is 2.98. The first-order valence-electron chi connectivity index (χ1n) is 5.15. The van der Waals surface area contributed by atoms with Gasteiger partial charge < -0.3 is 0 Å². The molecule has 0 N–H and O–H groups in total. The fraction of sp³-hybridized carbons (Fsp3) is 0. The minimum absolute atomic E-state index is 0.743. The average molecular weight is 238 g/mol. The summed E-state index contributed by atoms with van der Waals surface area (Å²) in [5, 5.41) is 3.31. The Morgan fingerprint density at radius 3 is 3.06 bits per heavy atom. The third-order valence-electron chi connectivity index (χ3n) is 2.74. The SMILES string of the molecule is c1cc2c(cn1)sc1nc3ncncc3cc12. The van der Waals surface area contributed by atoms with Gasteiger partial charge in [0.15, 0.2) is 5.65 Å². The number of hydrogen-bond donors (Lipinski definition) is 0. The lowest BCUT2D eigenvalue weighted by Gasteiger charge is -1.95. The van der Waals surface area contributed by atoms with Crippen LogP contribution in [0.2, 0.25) is 0 Å². The molecular weight excluding hydrogens is 232 g/mol. The Labute approximate surface area is 100.0 Å². The van der Waals surface area contributed by atoms with E-state index in [1.165, 1.54) is 11.7 Å². The highest BCUT2D eigenvalue weighted by Gasteiger charge is 2.07. The van der Waals surface area contributed by atoms with Gasteiger partial charge in [-0.1, -0.05) is 0 Å². The molecule has 17 heavy (non-hydrogen) atoms. The van der Waals surface area contributed by atoms with Crippen molar-refractivity contribution in [2.75, 3.05) is 0 Å². The van der Waals surface area contributed by atoms with E-state index in [9.17, 15) is 0 Å². The van der Waals surface area contributed by atoms with Crippen LogP contribution in [-0.2, 0) is 0 Å². The van der Waals surface area contributed by atoms with Gasteiger partial charge in [-0.15, -0.1) is 11.3 Å². The lowest BCUT2D eigenvalue weighted by Crippen LogP contribution is -1.84. The van der Waals surface area contributed by atoms with E-state index in [0.29, 0.717) is 0 Å². The molecule has 0 aliphatic heterocycles. The number of nitrogens with zero attached hydrogens (tertiary/aromatic N) is 4. The van der Waals surface area contributed by atoms with Gasteiger partial charge in [0.05, 0.1) is 4.70 Å². The molecule has 4 nitrogen and oxygen atoms in total. The molecule has 0 aliphatic carbocycles. The molecule has 0 fully saturated rings. The lowest BCUT2D eigenvalue weighted by atomic mass is 10.2. The number of pyridine rings is 2. The van der Waals surface area contributed by atoms with Gasteiger partial charge in [0.1, 0.15) is 11.2 Å². The fourth-order valence-electron chi connectivity index (χ4n) is 1.96. The molecule has 0 aromatic carbocycles. The molecule has 0 amide bonds. The van der Waals surface area contributed by atoms with Crippen LogP contribution in [0.3, 0.4) is 0 Å². The number of hydrogen-bond acceptors (Lipinski definition) is 5. The standard InChI is InChI=1S/C12H6N4S/c1-2-13-5-10-8(1)9-3-7-4-14-6-15-11(7)16-12(9)17-10/h1-6H. The predicted octanol–water partition coefficient (Wildman–Crippen LogP) is 2.79. The summed E-state index contributed by atoms with van der Waals surface area (Å²) < 4.78 is 1.15. The van der Waals surface area contributed by atoms with Crippen molar-refractivity contribution in [2.24, 2.45) is 0 Å². The highest BCUT2D eigenvalue weighted by atomic mass is 32.1. The van der Waals surface area contributed by atoms with E-state index >= 15 is 0 Å². The zero-order valence-corrected chi connectivity index (χ0v) is 9.48. The predicted molar refractivity (Wildman–Crippen MR) is 68.0 cm³/mol. The summed E-state index contributed by atoms with van der Waals surface area (Å²) in [6.45, 7) is 0. The first-order valence-corrected chi connectivity index (χ1v) is 5.96. The summed E-state index contributed by atoms with van der Waals surface area (Å²) >= 11 is 1.64. The van der Waals surface area contributed by atoms with Crippen molar-refractivity contribution in [3.8, 4) is 0 Å². The number of thiophene rings is 1. The van der Waals surface area contributed by atoms with E-state index in [2.05, 4.69) is 26.0 Å². The Kier molecular flexibility index (Phi) is 1.67. The van der Waals surface area contributed by atoms with Gasteiger partial charge >= 0.3 is 0 Å². The second kappa shape index (κ2) is 3.18. The Morgan fingerprint density at radius 1 is 1.06 bits per heavy atom. The maximum absolute atomic E-state index is 4.55. The van der Waals surface area contributed by atoms with Crippen molar-refractivity contribution in [2.45, 2.75) is 0 Å². The summed E-state index contributed by atoms with van der Waals surface area (Å²) in [5.74, 6) is 0. The van der Waals surface area contributed by atoms with Crippen LogP contribution in [0.1, 0.15) is 0 Å². The summed E-state index contributed by atoms with van der Waals surface area (Å²) in [7, 11) is 0. The molecule has 4 heterocycles. The van der Waals surface area contributed by atoms with E-state index in [1.54, 1.807) is 23.7 Å². The van der Waals surface area contributed by atoms with Crippen LogP contribution in [0.5, 0.6) is 0 Å². The van der Waals surface area contributed by atoms with Crippen LogP contribution in [0.15, 0.2) is 37.1 Å². The van der Waals surface area contributed by atoms with E-state index in [-0.39, 0.29) is 0 Å². The van der Waals surface area contributed by atoms with Crippen molar-refractivity contribution in [1.82, 2.24) is 19.9 Å². The van der Waals surface area contributed by atoms with E-state index < -0.39 is 0 Å². The molecule has 0 aliphatic rings. The van der Waals surface area contributed by atoms with Crippen LogP contribution >= 0.6 is 11.3 Å². The molecule has 0 bridgehead atoms. The monoisotopic (exact) mass is 238 g/mol. The quantitative estimate of drug-likeness (QED) is 0.472.